The van der Waals surface area contributed by atoms with Crippen LogP contribution in [-0.2, 0) is 16.6 Å². The van der Waals surface area contributed by atoms with Crippen LogP contribution in [0.2, 0.25) is 0 Å². The van der Waals surface area contributed by atoms with Crippen molar-refractivity contribution in [1.82, 2.24) is 10.2 Å². The Kier molecular flexibility index (Phi) is 3.81. The first kappa shape index (κ1) is 14.2. The summed E-state index contributed by atoms with van der Waals surface area (Å²) < 4.78 is 39.8. The minimum Gasteiger partial charge on any atom is -0.326 e. The number of anilines is 1. The summed E-state index contributed by atoms with van der Waals surface area (Å²) in [4.78, 5) is 10.3. The summed E-state index contributed by atoms with van der Waals surface area (Å²) in [6, 6.07) is 5.82. The third-order valence-electron chi connectivity index (χ3n) is 2.44. The van der Waals surface area contributed by atoms with Crippen LogP contribution in [-0.4, -0.2) is 18.6 Å². The molecule has 0 saturated heterocycles. The van der Waals surface area contributed by atoms with E-state index in [0.29, 0.717) is 5.56 Å². The molecule has 0 atom stereocenters. The van der Waals surface area contributed by atoms with E-state index in [-0.39, 0.29) is 12.4 Å². The van der Waals surface area contributed by atoms with Gasteiger partial charge in [-0.3, -0.25) is 9.52 Å². The second kappa shape index (κ2) is 5.39. The Hall–Kier alpha value is -2.26. The van der Waals surface area contributed by atoms with Crippen molar-refractivity contribution < 1.29 is 12.8 Å². The zero-order valence-corrected chi connectivity index (χ0v) is 10.9. The Morgan fingerprint density at radius 1 is 1.30 bits per heavy atom. The van der Waals surface area contributed by atoms with Gasteiger partial charge in [0.1, 0.15) is 10.7 Å². The quantitative estimate of drug-likeness (QED) is 0.743. The highest BCUT2D eigenvalue weighted by atomic mass is 32.2. The SMILES string of the molecule is NCc1ccc(F)c(S(=O)(=O)Nc2ccc(=O)[nH]n2)c1. The number of rotatable bonds is 4. The Morgan fingerprint density at radius 2 is 2.05 bits per heavy atom. The number of H-pyrrole nitrogens is 1. The first-order valence-corrected chi connectivity index (χ1v) is 6.98. The normalized spacial score (nSPS) is 11.3. The van der Waals surface area contributed by atoms with Gasteiger partial charge in [0.2, 0.25) is 0 Å². The average molecular weight is 298 g/mol. The molecule has 0 aliphatic carbocycles. The van der Waals surface area contributed by atoms with Crippen LogP contribution in [0.15, 0.2) is 40.0 Å². The predicted octanol–water partition coefficient (Wildman–Crippen LogP) is 0.168. The second-order valence-corrected chi connectivity index (χ2v) is 5.53. The maximum Gasteiger partial charge on any atom is 0.266 e. The van der Waals surface area contributed by atoms with E-state index in [0.717, 1.165) is 18.2 Å². The Bertz CT molecular complexity index is 768. The molecule has 1 aromatic carbocycles. The van der Waals surface area contributed by atoms with Gasteiger partial charge in [0.15, 0.2) is 5.82 Å². The molecule has 106 valence electrons. The van der Waals surface area contributed by atoms with E-state index in [4.69, 9.17) is 5.73 Å². The lowest BCUT2D eigenvalue weighted by molar-refractivity contribution is 0.569. The van der Waals surface area contributed by atoms with Crippen LogP contribution in [0.25, 0.3) is 0 Å². The summed E-state index contributed by atoms with van der Waals surface area (Å²) in [5, 5.41) is 5.55. The molecule has 0 bridgehead atoms. The van der Waals surface area contributed by atoms with E-state index < -0.39 is 26.3 Å². The predicted molar refractivity (Wildman–Crippen MR) is 70.0 cm³/mol. The van der Waals surface area contributed by atoms with Crippen LogP contribution in [0.1, 0.15) is 5.56 Å². The summed E-state index contributed by atoms with van der Waals surface area (Å²) in [5.74, 6) is -1.03. The van der Waals surface area contributed by atoms with Gasteiger partial charge in [-0.15, -0.1) is 0 Å². The van der Waals surface area contributed by atoms with Gasteiger partial charge in [0, 0.05) is 12.6 Å². The number of nitrogens with two attached hydrogens (primary N) is 1. The molecule has 0 radical (unpaired) electrons. The van der Waals surface area contributed by atoms with E-state index in [1.165, 1.54) is 12.1 Å². The van der Waals surface area contributed by atoms with Gasteiger partial charge in [0.05, 0.1) is 0 Å². The molecule has 0 spiro atoms. The van der Waals surface area contributed by atoms with Crippen LogP contribution in [0.4, 0.5) is 10.2 Å². The standard InChI is InChI=1S/C11H11FN4O3S/c12-8-2-1-7(6-13)5-9(8)20(18,19)16-10-3-4-11(17)15-14-10/h1-5H,6,13H2,(H,14,16)(H,15,17). The number of aromatic amines is 1. The number of aromatic nitrogens is 2. The van der Waals surface area contributed by atoms with Gasteiger partial charge < -0.3 is 5.73 Å². The third-order valence-corrected chi connectivity index (χ3v) is 3.81. The monoisotopic (exact) mass is 298 g/mol. The summed E-state index contributed by atoms with van der Waals surface area (Å²) in [6.45, 7) is 0.0830. The smallest absolute Gasteiger partial charge is 0.266 e. The lowest BCUT2D eigenvalue weighted by atomic mass is 10.2. The Labute approximate surface area is 113 Å². The van der Waals surface area contributed by atoms with Gasteiger partial charge >= 0.3 is 0 Å². The maximum absolute atomic E-state index is 13.6. The van der Waals surface area contributed by atoms with Crippen LogP contribution in [0, 0.1) is 5.82 Å². The fraction of sp³-hybridized carbons (Fsp3) is 0.0909. The molecule has 1 aromatic heterocycles. The number of halogens is 1. The average Bonchev–Trinajstić information content (AvgIpc) is 2.41. The fourth-order valence-electron chi connectivity index (χ4n) is 1.47. The van der Waals surface area contributed by atoms with Crippen molar-refractivity contribution in [3.63, 3.8) is 0 Å². The summed E-state index contributed by atoms with van der Waals surface area (Å²) in [7, 11) is -4.15. The zero-order chi connectivity index (χ0) is 14.8. The molecule has 0 saturated carbocycles. The molecule has 2 rings (SSSR count). The molecule has 20 heavy (non-hydrogen) atoms. The molecular weight excluding hydrogens is 287 g/mol. The van der Waals surface area contributed by atoms with Crippen LogP contribution < -0.4 is 16.0 Å². The number of sulfonamides is 1. The van der Waals surface area contributed by atoms with E-state index in [9.17, 15) is 17.6 Å². The molecule has 0 fully saturated rings. The minimum absolute atomic E-state index is 0.0830. The molecule has 1 heterocycles. The number of benzene rings is 1. The zero-order valence-electron chi connectivity index (χ0n) is 10.1. The van der Waals surface area contributed by atoms with Gasteiger partial charge in [-0.1, -0.05) is 6.07 Å². The van der Waals surface area contributed by atoms with Crippen molar-refractivity contribution in [2.75, 3.05) is 4.72 Å². The maximum atomic E-state index is 13.6. The highest BCUT2D eigenvalue weighted by molar-refractivity contribution is 7.92. The Morgan fingerprint density at radius 3 is 2.65 bits per heavy atom. The molecule has 0 aliphatic heterocycles. The second-order valence-electron chi connectivity index (χ2n) is 3.88. The highest BCUT2D eigenvalue weighted by Crippen LogP contribution is 2.18. The molecule has 0 amide bonds. The third kappa shape index (κ3) is 3.00. The number of hydrogen-bond acceptors (Lipinski definition) is 5. The molecule has 4 N–H and O–H groups in total. The molecule has 7 nitrogen and oxygen atoms in total. The van der Waals surface area contributed by atoms with E-state index in [1.54, 1.807) is 0 Å². The molecule has 0 aliphatic rings. The lowest BCUT2D eigenvalue weighted by Crippen LogP contribution is -2.18. The van der Waals surface area contributed by atoms with Crippen molar-refractivity contribution in [3.8, 4) is 0 Å². The lowest BCUT2D eigenvalue weighted by Gasteiger charge is -2.08. The fourth-order valence-corrected chi connectivity index (χ4v) is 2.60. The van der Waals surface area contributed by atoms with Crippen molar-refractivity contribution in [1.29, 1.82) is 0 Å². The summed E-state index contributed by atoms with van der Waals surface area (Å²) >= 11 is 0. The van der Waals surface area contributed by atoms with Gasteiger partial charge in [-0.05, 0) is 23.8 Å². The highest BCUT2D eigenvalue weighted by Gasteiger charge is 2.20. The molecule has 9 heteroatoms. The van der Waals surface area contributed by atoms with Crippen molar-refractivity contribution >= 4 is 15.8 Å². The Balaban J connectivity index is 2.40. The van der Waals surface area contributed by atoms with E-state index >= 15 is 0 Å². The molecule has 0 unspecified atom stereocenters. The van der Waals surface area contributed by atoms with Crippen molar-refractivity contribution in [3.05, 3.63) is 52.1 Å². The van der Waals surface area contributed by atoms with Gasteiger partial charge in [-0.2, -0.15) is 5.10 Å². The first-order valence-electron chi connectivity index (χ1n) is 5.49. The van der Waals surface area contributed by atoms with Gasteiger partial charge in [0.25, 0.3) is 15.6 Å². The number of nitrogens with one attached hydrogen (secondary N) is 2. The number of nitrogens with zero attached hydrogens (tertiary/aromatic N) is 1. The topological polar surface area (TPSA) is 118 Å². The van der Waals surface area contributed by atoms with Crippen LogP contribution in [0.3, 0.4) is 0 Å². The largest absolute Gasteiger partial charge is 0.326 e. The van der Waals surface area contributed by atoms with Crippen molar-refractivity contribution in [2.45, 2.75) is 11.4 Å². The van der Waals surface area contributed by atoms with E-state index in [2.05, 4.69) is 14.9 Å². The molecule has 2 aromatic rings. The molecular formula is C11H11FN4O3S. The van der Waals surface area contributed by atoms with Crippen molar-refractivity contribution in [2.24, 2.45) is 5.73 Å². The van der Waals surface area contributed by atoms with E-state index in [1.807, 2.05) is 0 Å². The van der Waals surface area contributed by atoms with Crippen LogP contribution in [0.5, 0.6) is 0 Å². The first-order chi connectivity index (χ1) is 9.42. The van der Waals surface area contributed by atoms with Gasteiger partial charge in [-0.25, -0.2) is 17.9 Å². The van der Waals surface area contributed by atoms with Crippen LogP contribution >= 0.6 is 0 Å². The number of hydrogen-bond donors (Lipinski definition) is 3. The minimum atomic E-state index is -4.15. The summed E-state index contributed by atoms with van der Waals surface area (Å²) in [5.41, 5.74) is 5.38. The summed E-state index contributed by atoms with van der Waals surface area (Å²) in [6.07, 6.45) is 0.